The third-order valence-corrected chi connectivity index (χ3v) is 5.22. The van der Waals surface area contributed by atoms with Crippen molar-refractivity contribution in [1.82, 2.24) is 5.01 Å². The van der Waals surface area contributed by atoms with Crippen molar-refractivity contribution in [2.45, 2.75) is 63.8 Å². The zero-order valence-electron chi connectivity index (χ0n) is 15.1. The summed E-state index contributed by atoms with van der Waals surface area (Å²) in [5.41, 5.74) is -2.12. The number of rotatable bonds is 1. The Bertz CT molecular complexity index is 735. The molecule has 1 aromatic rings. The quantitative estimate of drug-likeness (QED) is 0.806. The number of hydrogen-bond donors (Lipinski definition) is 1. The molecule has 1 aliphatic heterocycles. The van der Waals surface area contributed by atoms with Gasteiger partial charge in [0.2, 0.25) is 0 Å². The summed E-state index contributed by atoms with van der Waals surface area (Å²) in [7, 11) is 0. The molecule has 2 aliphatic rings. The predicted octanol–water partition coefficient (Wildman–Crippen LogP) is 4.24. The summed E-state index contributed by atoms with van der Waals surface area (Å²) < 4.78 is 41.2. The van der Waals surface area contributed by atoms with Gasteiger partial charge in [0.05, 0.1) is 5.92 Å². The molecule has 1 N–H and O–H groups in total. The van der Waals surface area contributed by atoms with Gasteiger partial charge in [0.15, 0.2) is 0 Å². The normalized spacial score (nSPS) is 26.5. The Hall–Kier alpha value is -1.89. The van der Waals surface area contributed by atoms with E-state index in [1.807, 2.05) is 20.8 Å². The van der Waals surface area contributed by atoms with E-state index in [0.29, 0.717) is 19.3 Å². The van der Waals surface area contributed by atoms with Crippen LogP contribution in [0.4, 0.5) is 13.2 Å². The first kappa shape index (κ1) is 18.9. The average Bonchev–Trinajstić information content (AvgIpc) is 2.88. The summed E-state index contributed by atoms with van der Waals surface area (Å²) in [5, 5.41) is 14.7. The molecule has 1 saturated carbocycles. The molecule has 0 saturated heterocycles. The van der Waals surface area contributed by atoms with Crippen LogP contribution in [0.25, 0.3) is 0 Å². The van der Waals surface area contributed by atoms with Crippen molar-refractivity contribution in [3.8, 4) is 0 Å². The van der Waals surface area contributed by atoms with Crippen molar-refractivity contribution in [2.24, 2.45) is 11.0 Å². The molecule has 2 atom stereocenters. The summed E-state index contributed by atoms with van der Waals surface area (Å²) in [6.45, 7) is 6.01. The van der Waals surface area contributed by atoms with Gasteiger partial charge in [-0.3, -0.25) is 4.79 Å². The molecule has 1 amide bonds. The SMILES string of the molecule is CC(C)(C)c1ccc(C(=O)N2N=C3CCCC[C@H]3[C@@]2(O)C(F)(F)F)cc1. The van der Waals surface area contributed by atoms with E-state index in [9.17, 15) is 23.1 Å². The Morgan fingerprint density at radius 1 is 1.19 bits per heavy atom. The van der Waals surface area contributed by atoms with Crippen molar-refractivity contribution < 1.29 is 23.1 Å². The number of amides is 1. The molecular formula is C19H23F3N2O2. The largest absolute Gasteiger partial charge is 0.439 e. The molecule has 1 heterocycles. The van der Waals surface area contributed by atoms with Gasteiger partial charge in [0, 0.05) is 11.3 Å². The maximum atomic E-state index is 13.7. The van der Waals surface area contributed by atoms with Crippen LogP contribution in [0.1, 0.15) is 62.4 Å². The minimum atomic E-state index is -4.98. The van der Waals surface area contributed by atoms with Gasteiger partial charge in [-0.05, 0) is 42.4 Å². The number of carbonyl (C=O) groups is 1. The molecule has 0 unspecified atom stereocenters. The van der Waals surface area contributed by atoms with Gasteiger partial charge in [-0.2, -0.15) is 23.3 Å². The lowest BCUT2D eigenvalue weighted by Gasteiger charge is -2.38. The predicted molar refractivity (Wildman–Crippen MR) is 91.7 cm³/mol. The highest BCUT2D eigenvalue weighted by Crippen LogP contribution is 2.48. The summed E-state index contributed by atoms with van der Waals surface area (Å²) in [5.74, 6) is -2.12. The molecule has 3 rings (SSSR count). The summed E-state index contributed by atoms with van der Waals surface area (Å²) in [6.07, 6.45) is -3.16. The standard InChI is InChI=1S/C19H23F3N2O2/c1-17(2,3)13-10-8-12(9-11-13)16(25)24-18(26,19(20,21)22)14-6-4-5-7-15(14)23-24/h8-11,14,26H,4-7H2,1-3H3/t14-,18-/m1/s1. The molecule has 26 heavy (non-hydrogen) atoms. The van der Waals surface area contributed by atoms with E-state index < -0.39 is 23.7 Å². The zero-order chi connectivity index (χ0) is 19.3. The van der Waals surface area contributed by atoms with Crippen LogP contribution in [0.15, 0.2) is 29.4 Å². The Morgan fingerprint density at radius 2 is 1.81 bits per heavy atom. The first-order chi connectivity index (χ1) is 12.0. The highest BCUT2D eigenvalue weighted by Gasteiger charge is 2.68. The monoisotopic (exact) mass is 368 g/mol. The van der Waals surface area contributed by atoms with Gasteiger partial charge >= 0.3 is 6.18 Å². The van der Waals surface area contributed by atoms with E-state index in [4.69, 9.17) is 0 Å². The molecule has 142 valence electrons. The molecule has 1 aromatic carbocycles. The number of nitrogens with zero attached hydrogens (tertiary/aromatic N) is 2. The van der Waals surface area contributed by atoms with Crippen LogP contribution in [0.2, 0.25) is 0 Å². The van der Waals surface area contributed by atoms with Crippen LogP contribution < -0.4 is 0 Å². The number of hydrogen-bond acceptors (Lipinski definition) is 3. The second kappa shape index (κ2) is 6.08. The van der Waals surface area contributed by atoms with E-state index in [2.05, 4.69) is 5.10 Å². The van der Waals surface area contributed by atoms with Crippen molar-refractivity contribution in [2.75, 3.05) is 0 Å². The Kier molecular flexibility index (Phi) is 4.42. The highest BCUT2D eigenvalue weighted by atomic mass is 19.4. The fourth-order valence-corrected chi connectivity index (χ4v) is 3.65. The van der Waals surface area contributed by atoms with Crippen molar-refractivity contribution in [3.05, 3.63) is 35.4 Å². The number of alkyl halides is 3. The minimum Gasteiger partial charge on any atom is -0.362 e. The van der Waals surface area contributed by atoms with Crippen LogP contribution in [0.5, 0.6) is 0 Å². The molecule has 0 radical (unpaired) electrons. The van der Waals surface area contributed by atoms with Gasteiger partial charge in [-0.25, -0.2) is 0 Å². The number of halogens is 3. The smallest absolute Gasteiger partial charge is 0.362 e. The number of hydrazone groups is 1. The van der Waals surface area contributed by atoms with Crippen LogP contribution in [0.3, 0.4) is 0 Å². The first-order valence-electron chi connectivity index (χ1n) is 8.78. The molecule has 0 bridgehead atoms. The van der Waals surface area contributed by atoms with E-state index in [0.717, 1.165) is 5.56 Å². The van der Waals surface area contributed by atoms with Gasteiger partial charge in [-0.15, -0.1) is 0 Å². The van der Waals surface area contributed by atoms with Gasteiger partial charge < -0.3 is 5.11 Å². The molecule has 0 spiro atoms. The third-order valence-electron chi connectivity index (χ3n) is 5.22. The fourth-order valence-electron chi connectivity index (χ4n) is 3.65. The Labute approximate surface area is 150 Å². The summed E-state index contributed by atoms with van der Waals surface area (Å²) in [6, 6.07) is 6.41. The maximum absolute atomic E-state index is 13.7. The zero-order valence-corrected chi connectivity index (χ0v) is 15.1. The molecule has 1 fully saturated rings. The molecule has 0 aromatic heterocycles. The average molecular weight is 368 g/mol. The van der Waals surface area contributed by atoms with Gasteiger partial charge in [-0.1, -0.05) is 39.3 Å². The highest BCUT2D eigenvalue weighted by molar-refractivity contribution is 5.99. The topological polar surface area (TPSA) is 52.9 Å². The molecular weight excluding hydrogens is 345 g/mol. The lowest BCUT2D eigenvalue weighted by Crippen LogP contribution is -2.61. The molecule has 7 heteroatoms. The lowest BCUT2D eigenvalue weighted by atomic mass is 9.80. The molecule has 1 aliphatic carbocycles. The number of fused-ring (bicyclic) bond motifs is 1. The molecule has 4 nitrogen and oxygen atoms in total. The maximum Gasteiger partial charge on any atom is 0.439 e. The Balaban J connectivity index is 1.98. The van der Waals surface area contributed by atoms with Crippen LogP contribution in [0, 0.1) is 5.92 Å². The van der Waals surface area contributed by atoms with Crippen LogP contribution in [-0.2, 0) is 5.41 Å². The summed E-state index contributed by atoms with van der Waals surface area (Å²) in [4.78, 5) is 12.8. The lowest BCUT2D eigenvalue weighted by molar-refractivity contribution is -0.312. The minimum absolute atomic E-state index is 0.0728. The third kappa shape index (κ3) is 2.92. The van der Waals surface area contributed by atoms with E-state index in [-0.39, 0.29) is 28.1 Å². The van der Waals surface area contributed by atoms with Gasteiger partial charge in [0.25, 0.3) is 11.6 Å². The van der Waals surface area contributed by atoms with Crippen LogP contribution >= 0.6 is 0 Å². The summed E-state index contributed by atoms with van der Waals surface area (Å²) >= 11 is 0. The van der Waals surface area contributed by atoms with Gasteiger partial charge in [0.1, 0.15) is 0 Å². The van der Waals surface area contributed by atoms with E-state index in [1.165, 1.54) is 12.1 Å². The van der Waals surface area contributed by atoms with Crippen molar-refractivity contribution in [3.63, 3.8) is 0 Å². The second-order valence-electron chi connectivity index (χ2n) is 8.06. The van der Waals surface area contributed by atoms with Crippen LogP contribution in [-0.4, -0.2) is 33.6 Å². The number of benzene rings is 1. The van der Waals surface area contributed by atoms with E-state index in [1.54, 1.807) is 12.1 Å². The van der Waals surface area contributed by atoms with E-state index >= 15 is 0 Å². The second-order valence-corrected chi connectivity index (χ2v) is 8.06. The Morgan fingerprint density at radius 3 is 2.35 bits per heavy atom. The van der Waals surface area contributed by atoms with Crippen molar-refractivity contribution in [1.29, 1.82) is 0 Å². The van der Waals surface area contributed by atoms with Crippen molar-refractivity contribution >= 4 is 11.6 Å². The first-order valence-corrected chi connectivity index (χ1v) is 8.78. The fraction of sp³-hybridized carbons (Fsp3) is 0.579. The number of aliphatic hydroxyl groups is 1. The number of carbonyl (C=O) groups excluding carboxylic acids is 1.